The van der Waals surface area contributed by atoms with Crippen LogP contribution in [0.15, 0.2) is 24.5 Å². The molecule has 7 heteroatoms. The molecule has 2 rings (SSSR count). The Morgan fingerprint density at radius 2 is 2.05 bits per heavy atom. The lowest BCUT2D eigenvalue weighted by molar-refractivity contribution is -0.385. The van der Waals surface area contributed by atoms with E-state index in [1.165, 1.54) is 0 Å². The van der Waals surface area contributed by atoms with Crippen molar-refractivity contribution in [2.24, 2.45) is 7.05 Å². The largest absolute Gasteiger partial charge is 0.319 e. The van der Waals surface area contributed by atoms with E-state index < -0.39 is 0 Å². The molecule has 0 saturated carbocycles. The van der Waals surface area contributed by atoms with Gasteiger partial charge in [-0.05, 0) is 26.3 Å². The summed E-state index contributed by atoms with van der Waals surface area (Å²) in [6, 6.07) is 5.27. The third-order valence-corrected chi connectivity index (χ3v) is 3.56. The lowest BCUT2D eigenvalue weighted by Gasteiger charge is -2.19. The van der Waals surface area contributed by atoms with Crippen LogP contribution in [0.1, 0.15) is 42.9 Å². The SMILES string of the molecule is Cc1ccc(C(C)NC(C)c2nncn2C)cc1[N+](=O)[O-]. The normalized spacial score (nSPS) is 13.9. The van der Waals surface area contributed by atoms with Gasteiger partial charge in [-0.2, -0.15) is 0 Å². The van der Waals surface area contributed by atoms with Crippen LogP contribution in [-0.4, -0.2) is 19.7 Å². The lowest BCUT2D eigenvalue weighted by Crippen LogP contribution is -2.24. The molecule has 7 nitrogen and oxygen atoms in total. The minimum atomic E-state index is -0.350. The molecule has 2 aromatic rings. The molecule has 0 radical (unpaired) electrons. The highest BCUT2D eigenvalue weighted by atomic mass is 16.6. The number of hydrogen-bond acceptors (Lipinski definition) is 5. The zero-order chi connectivity index (χ0) is 15.6. The van der Waals surface area contributed by atoms with Gasteiger partial charge in [0, 0.05) is 24.7 Å². The second kappa shape index (κ2) is 6.01. The molecule has 2 atom stereocenters. The van der Waals surface area contributed by atoms with Crippen molar-refractivity contribution >= 4 is 5.69 Å². The minimum Gasteiger partial charge on any atom is -0.319 e. The Kier molecular flexibility index (Phi) is 4.32. The van der Waals surface area contributed by atoms with Gasteiger partial charge in [-0.25, -0.2) is 0 Å². The van der Waals surface area contributed by atoms with E-state index in [1.54, 1.807) is 25.4 Å². The molecule has 0 spiro atoms. The van der Waals surface area contributed by atoms with Crippen molar-refractivity contribution in [2.75, 3.05) is 0 Å². The summed E-state index contributed by atoms with van der Waals surface area (Å²) in [5.74, 6) is 0.823. The standard InChI is InChI=1S/C14H19N5O2/c1-9-5-6-12(7-13(9)19(20)21)10(2)16-11(3)14-17-15-8-18(14)4/h5-8,10-11,16H,1-4H3. The number of aromatic nitrogens is 3. The summed E-state index contributed by atoms with van der Waals surface area (Å²) in [5, 5.41) is 22.3. The number of nitrogens with one attached hydrogen (secondary N) is 1. The van der Waals surface area contributed by atoms with Crippen LogP contribution in [0.5, 0.6) is 0 Å². The Bertz CT molecular complexity index is 653. The van der Waals surface area contributed by atoms with Crippen molar-refractivity contribution in [1.29, 1.82) is 0 Å². The summed E-state index contributed by atoms with van der Waals surface area (Å²) in [6.45, 7) is 5.70. The monoisotopic (exact) mass is 289 g/mol. The van der Waals surface area contributed by atoms with Gasteiger partial charge < -0.3 is 9.88 Å². The van der Waals surface area contributed by atoms with Gasteiger partial charge in [-0.15, -0.1) is 10.2 Å². The van der Waals surface area contributed by atoms with Crippen molar-refractivity contribution < 1.29 is 4.92 Å². The summed E-state index contributed by atoms with van der Waals surface area (Å²) >= 11 is 0. The van der Waals surface area contributed by atoms with E-state index in [9.17, 15) is 10.1 Å². The van der Waals surface area contributed by atoms with E-state index in [0.29, 0.717) is 5.56 Å². The predicted octanol–water partition coefficient (Wildman–Crippen LogP) is 2.44. The molecule has 0 amide bonds. The Hall–Kier alpha value is -2.28. The van der Waals surface area contributed by atoms with Crippen LogP contribution in [0.4, 0.5) is 5.69 Å². The molecule has 0 saturated heterocycles. The number of nitro benzene ring substituents is 1. The predicted molar refractivity (Wildman–Crippen MR) is 78.8 cm³/mol. The quantitative estimate of drug-likeness (QED) is 0.675. The first-order valence-electron chi connectivity index (χ1n) is 6.75. The summed E-state index contributed by atoms with van der Waals surface area (Å²) in [7, 11) is 1.88. The zero-order valence-corrected chi connectivity index (χ0v) is 12.6. The Morgan fingerprint density at radius 1 is 1.33 bits per heavy atom. The number of benzene rings is 1. The van der Waals surface area contributed by atoms with Gasteiger partial charge in [0.1, 0.15) is 12.2 Å². The van der Waals surface area contributed by atoms with E-state index in [-0.39, 0.29) is 22.7 Å². The average Bonchev–Trinajstić information content (AvgIpc) is 2.85. The molecule has 0 aliphatic rings. The molecule has 1 aromatic heterocycles. The highest BCUT2D eigenvalue weighted by molar-refractivity contribution is 5.43. The molecule has 0 aliphatic carbocycles. The summed E-state index contributed by atoms with van der Waals surface area (Å²) in [4.78, 5) is 10.7. The van der Waals surface area contributed by atoms with Crippen molar-refractivity contribution in [3.63, 3.8) is 0 Å². The van der Waals surface area contributed by atoms with Crippen molar-refractivity contribution in [3.8, 4) is 0 Å². The van der Waals surface area contributed by atoms with Gasteiger partial charge in [-0.3, -0.25) is 10.1 Å². The fourth-order valence-corrected chi connectivity index (χ4v) is 2.32. The fraction of sp³-hybridized carbons (Fsp3) is 0.429. The van der Waals surface area contributed by atoms with Gasteiger partial charge in [0.15, 0.2) is 0 Å². The van der Waals surface area contributed by atoms with Crippen LogP contribution < -0.4 is 5.32 Å². The molecular formula is C14H19N5O2. The van der Waals surface area contributed by atoms with E-state index in [4.69, 9.17) is 0 Å². The molecule has 1 heterocycles. The maximum absolute atomic E-state index is 11.0. The van der Waals surface area contributed by atoms with Gasteiger partial charge in [-0.1, -0.05) is 12.1 Å². The maximum atomic E-state index is 11.0. The van der Waals surface area contributed by atoms with Gasteiger partial charge >= 0.3 is 0 Å². The highest BCUT2D eigenvalue weighted by Crippen LogP contribution is 2.24. The first-order valence-corrected chi connectivity index (χ1v) is 6.75. The first kappa shape index (κ1) is 15.1. The van der Waals surface area contributed by atoms with E-state index in [1.807, 2.05) is 31.5 Å². The van der Waals surface area contributed by atoms with Crippen LogP contribution in [-0.2, 0) is 7.05 Å². The molecule has 112 valence electrons. The summed E-state index contributed by atoms with van der Waals surface area (Å²) in [6.07, 6.45) is 1.65. The molecule has 2 unspecified atom stereocenters. The number of nitrogens with zero attached hydrogens (tertiary/aromatic N) is 4. The highest BCUT2D eigenvalue weighted by Gasteiger charge is 2.18. The summed E-state index contributed by atoms with van der Waals surface area (Å²) < 4.78 is 1.85. The third kappa shape index (κ3) is 3.25. The van der Waals surface area contributed by atoms with E-state index >= 15 is 0 Å². The van der Waals surface area contributed by atoms with E-state index in [0.717, 1.165) is 11.4 Å². The Morgan fingerprint density at radius 3 is 2.62 bits per heavy atom. The van der Waals surface area contributed by atoms with E-state index in [2.05, 4.69) is 15.5 Å². The second-order valence-corrected chi connectivity index (χ2v) is 5.21. The Labute approximate surface area is 123 Å². The topological polar surface area (TPSA) is 85.9 Å². The van der Waals surface area contributed by atoms with Crippen LogP contribution in [0.2, 0.25) is 0 Å². The number of aryl methyl sites for hydroxylation is 2. The van der Waals surface area contributed by atoms with Crippen molar-refractivity contribution in [2.45, 2.75) is 32.9 Å². The van der Waals surface area contributed by atoms with Crippen molar-refractivity contribution in [3.05, 3.63) is 51.6 Å². The van der Waals surface area contributed by atoms with Crippen molar-refractivity contribution in [1.82, 2.24) is 20.1 Å². The van der Waals surface area contributed by atoms with Gasteiger partial charge in [0.25, 0.3) is 5.69 Å². The molecular weight excluding hydrogens is 270 g/mol. The van der Waals surface area contributed by atoms with Gasteiger partial charge in [0.05, 0.1) is 11.0 Å². The minimum absolute atomic E-state index is 0.00661. The number of nitro groups is 1. The number of rotatable bonds is 5. The Balaban J connectivity index is 2.17. The molecule has 0 aliphatic heterocycles. The van der Waals surface area contributed by atoms with Crippen LogP contribution in [0.25, 0.3) is 0 Å². The molecule has 0 bridgehead atoms. The van der Waals surface area contributed by atoms with Crippen LogP contribution >= 0.6 is 0 Å². The van der Waals surface area contributed by atoms with Gasteiger partial charge in [0.2, 0.25) is 0 Å². The molecule has 1 N–H and O–H groups in total. The maximum Gasteiger partial charge on any atom is 0.272 e. The fourth-order valence-electron chi connectivity index (χ4n) is 2.32. The van der Waals surface area contributed by atoms with Crippen LogP contribution in [0, 0.1) is 17.0 Å². The average molecular weight is 289 g/mol. The van der Waals surface area contributed by atoms with Crippen LogP contribution in [0.3, 0.4) is 0 Å². The molecule has 21 heavy (non-hydrogen) atoms. The first-order chi connectivity index (χ1) is 9.90. The second-order valence-electron chi connectivity index (χ2n) is 5.21. The smallest absolute Gasteiger partial charge is 0.272 e. The zero-order valence-electron chi connectivity index (χ0n) is 12.6. The molecule has 0 fully saturated rings. The molecule has 1 aromatic carbocycles. The lowest BCUT2D eigenvalue weighted by atomic mass is 10.0. The number of hydrogen-bond donors (Lipinski definition) is 1. The summed E-state index contributed by atoms with van der Waals surface area (Å²) in [5.41, 5.74) is 1.69. The third-order valence-electron chi connectivity index (χ3n) is 3.56.